The number of nitrogens with zero attached hydrogens (tertiary/aromatic N) is 2. The summed E-state index contributed by atoms with van der Waals surface area (Å²) in [7, 11) is 0. The van der Waals surface area contributed by atoms with E-state index in [-0.39, 0.29) is 19.1 Å². The van der Waals surface area contributed by atoms with E-state index in [4.69, 9.17) is 0 Å². The molecular weight excluding hydrogens is 527 g/mol. The van der Waals surface area contributed by atoms with Gasteiger partial charge in [-0.05, 0) is 54.3 Å². The van der Waals surface area contributed by atoms with Gasteiger partial charge in [-0.15, -0.1) is 0 Å². The van der Waals surface area contributed by atoms with Crippen LogP contribution in [0.15, 0.2) is 42.5 Å². The predicted octanol–water partition coefficient (Wildman–Crippen LogP) is 6.81. The van der Waals surface area contributed by atoms with Gasteiger partial charge in [0.25, 0.3) is 0 Å². The third kappa shape index (κ3) is 7.94. The van der Waals surface area contributed by atoms with Crippen molar-refractivity contribution in [1.82, 2.24) is 15.1 Å². The average Bonchev–Trinajstić information content (AvgIpc) is 2.88. The van der Waals surface area contributed by atoms with Crippen molar-refractivity contribution in [1.29, 1.82) is 0 Å². The van der Waals surface area contributed by atoms with Crippen molar-refractivity contribution in [2.24, 2.45) is 0 Å². The first-order valence-electron chi connectivity index (χ1n) is 12.7. The molecule has 2 aliphatic rings. The molecular formula is C28H34F7N3O. The quantitative estimate of drug-likeness (QED) is 0.394. The minimum absolute atomic E-state index is 0. The molecule has 1 aliphatic heterocycles. The molecule has 1 aliphatic carbocycles. The Balaban J connectivity index is 0.00000420. The summed E-state index contributed by atoms with van der Waals surface area (Å²) in [4.78, 5) is 17.7. The molecule has 39 heavy (non-hydrogen) atoms. The molecule has 1 N–H and O–H groups in total. The normalized spacial score (nSPS) is 18.8. The van der Waals surface area contributed by atoms with Crippen molar-refractivity contribution < 1.29 is 35.5 Å². The van der Waals surface area contributed by atoms with Crippen molar-refractivity contribution in [2.75, 3.05) is 26.2 Å². The zero-order valence-electron chi connectivity index (χ0n) is 20.7. The summed E-state index contributed by atoms with van der Waals surface area (Å²) in [5, 5.41) is 2.52. The second kappa shape index (κ2) is 12.7. The number of carbonyl (C=O) groups excluding carboxylic acids is 1. The average molecular weight is 562 g/mol. The number of hydrogen-bond donors (Lipinski definition) is 1. The standard InChI is InChI=1S/C27H30F7N3O.CH4/c28-22-8-6-19(7-9-22)24(37-12-10-36(11-13-37)23-4-2-1-3-5-23)25(38)35-17-18-14-20(26(29,30)31)16-21(15-18)27(32,33)34;/h6-9,14-16,23-24H,1-5,10-13,17H2,(H,35,38);1H4. The molecule has 11 heteroatoms. The van der Waals surface area contributed by atoms with Crippen LogP contribution >= 0.6 is 0 Å². The smallest absolute Gasteiger partial charge is 0.350 e. The number of halogens is 7. The fraction of sp³-hybridized carbons (Fsp3) is 0.536. The number of carbonyl (C=O) groups is 1. The minimum atomic E-state index is -4.98. The molecule has 1 saturated heterocycles. The lowest BCUT2D eigenvalue weighted by molar-refractivity contribution is -0.143. The summed E-state index contributed by atoms with van der Waals surface area (Å²) < 4.78 is 93.0. The Labute approximate surface area is 224 Å². The molecule has 1 heterocycles. The van der Waals surface area contributed by atoms with Gasteiger partial charge in [-0.2, -0.15) is 26.3 Å². The van der Waals surface area contributed by atoms with Gasteiger partial charge in [-0.3, -0.25) is 14.6 Å². The van der Waals surface area contributed by atoms with Crippen LogP contribution in [0.2, 0.25) is 0 Å². The minimum Gasteiger partial charge on any atom is -0.350 e. The van der Waals surface area contributed by atoms with Gasteiger partial charge >= 0.3 is 12.4 Å². The first-order valence-corrected chi connectivity index (χ1v) is 12.7. The predicted molar refractivity (Wildman–Crippen MR) is 134 cm³/mol. The van der Waals surface area contributed by atoms with Gasteiger partial charge in [-0.25, -0.2) is 4.39 Å². The van der Waals surface area contributed by atoms with E-state index in [1.54, 1.807) is 0 Å². The van der Waals surface area contributed by atoms with Gasteiger partial charge in [-0.1, -0.05) is 38.8 Å². The van der Waals surface area contributed by atoms with Crippen LogP contribution in [0, 0.1) is 5.82 Å². The van der Waals surface area contributed by atoms with Crippen LogP contribution in [0.3, 0.4) is 0 Å². The second-order valence-corrected chi connectivity index (χ2v) is 9.95. The van der Waals surface area contributed by atoms with Crippen LogP contribution in [0.5, 0.6) is 0 Å². The lowest BCUT2D eigenvalue weighted by Crippen LogP contribution is -2.53. The topological polar surface area (TPSA) is 35.6 Å². The molecule has 0 spiro atoms. The molecule has 2 fully saturated rings. The Morgan fingerprint density at radius 1 is 0.846 bits per heavy atom. The molecule has 0 aromatic heterocycles. The highest BCUT2D eigenvalue weighted by molar-refractivity contribution is 5.83. The van der Waals surface area contributed by atoms with E-state index in [0.717, 1.165) is 25.9 Å². The van der Waals surface area contributed by atoms with Gasteiger partial charge in [0.2, 0.25) is 5.91 Å². The molecule has 2 aromatic carbocycles. The Kier molecular flexibility index (Phi) is 10.0. The third-order valence-electron chi connectivity index (χ3n) is 7.35. The van der Waals surface area contributed by atoms with E-state index >= 15 is 0 Å². The molecule has 1 unspecified atom stereocenters. The van der Waals surface area contributed by atoms with Crippen LogP contribution in [-0.4, -0.2) is 47.9 Å². The highest BCUT2D eigenvalue weighted by Crippen LogP contribution is 2.36. The molecule has 1 amide bonds. The molecule has 216 valence electrons. The van der Waals surface area contributed by atoms with Gasteiger partial charge in [0.15, 0.2) is 0 Å². The van der Waals surface area contributed by atoms with E-state index in [9.17, 15) is 35.5 Å². The summed E-state index contributed by atoms with van der Waals surface area (Å²) in [5.74, 6) is -1.06. The van der Waals surface area contributed by atoms with Gasteiger partial charge < -0.3 is 5.32 Å². The summed E-state index contributed by atoms with van der Waals surface area (Å²) in [6.45, 7) is 2.05. The van der Waals surface area contributed by atoms with Crippen molar-refractivity contribution in [2.45, 2.75) is 70.5 Å². The van der Waals surface area contributed by atoms with Gasteiger partial charge in [0.05, 0.1) is 11.1 Å². The van der Waals surface area contributed by atoms with Crippen molar-refractivity contribution >= 4 is 5.91 Å². The first kappa shape index (κ1) is 30.9. The Morgan fingerprint density at radius 3 is 1.90 bits per heavy atom. The fourth-order valence-electron chi connectivity index (χ4n) is 5.39. The lowest BCUT2D eigenvalue weighted by Gasteiger charge is -2.43. The zero-order chi connectivity index (χ0) is 27.5. The SMILES string of the molecule is C.O=C(NCc1cc(C(F)(F)F)cc(C(F)(F)F)c1)C(c1ccc(F)cc1)N1CCN(C2CCCCC2)CC1. The maximum absolute atomic E-state index is 13.6. The van der Waals surface area contributed by atoms with Gasteiger partial charge in [0, 0.05) is 38.8 Å². The van der Waals surface area contributed by atoms with E-state index in [1.807, 2.05) is 4.90 Å². The van der Waals surface area contributed by atoms with E-state index in [2.05, 4.69) is 10.2 Å². The molecule has 2 aromatic rings. The number of rotatable bonds is 6. The highest BCUT2D eigenvalue weighted by atomic mass is 19.4. The number of nitrogens with one attached hydrogen (secondary N) is 1. The van der Waals surface area contributed by atoms with Crippen molar-refractivity contribution in [3.8, 4) is 0 Å². The maximum atomic E-state index is 13.6. The summed E-state index contributed by atoms with van der Waals surface area (Å²) >= 11 is 0. The molecule has 4 nitrogen and oxygen atoms in total. The van der Waals surface area contributed by atoms with Gasteiger partial charge in [0.1, 0.15) is 11.9 Å². The Bertz CT molecular complexity index is 1060. The Morgan fingerprint density at radius 2 is 1.38 bits per heavy atom. The summed E-state index contributed by atoms with van der Waals surface area (Å²) in [6, 6.07) is 6.28. The highest BCUT2D eigenvalue weighted by Gasteiger charge is 2.37. The van der Waals surface area contributed by atoms with E-state index in [0.29, 0.717) is 36.8 Å². The molecule has 1 saturated carbocycles. The van der Waals surface area contributed by atoms with Crippen LogP contribution in [-0.2, 0) is 23.7 Å². The molecule has 0 radical (unpaired) electrons. The number of benzene rings is 2. The monoisotopic (exact) mass is 561 g/mol. The number of amides is 1. The molecule has 1 atom stereocenters. The van der Waals surface area contributed by atoms with Crippen molar-refractivity contribution in [3.63, 3.8) is 0 Å². The fourth-order valence-corrected chi connectivity index (χ4v) is 5.39. The molecule has 4 rings (SSSR count). The zero-order valence-corrected chi connectivity index (χ0v) is 20.7. The summed E-state index contributed by atoms with van der Waals surface area (Å²) in [6.07, 6.45) is -4.06. The first-order chi connectivity index (χ1) is 17.9. The van der Waals surface area contributed by atoms with Crippen LogP contribution < -0.4 is 5.32 Å². The molecule has 0 bridgehead atoms. The van der Waals surface area contributed by atoms with Crippen molar-refractivity contribution in [3.05, 3.63) is 70.5 Å². The number of hydrogen-bond acceptors (Lipinski definition) is 3. The lowest BCUT2D eigenvalue weighted by atomic mass is 9.93. The summed E-state index contributed by atoms with van der Waals surface area (Å²) in [5.41, 5.74) is -2.70. The van der Waals surface area contributed by atoms with Crippen LogP contribution in [0.1, 0.15) is 67.8 Å². The van der Waals surface area contributed by atoms with Crippen LogP contribution in [0.25, 0.3) is 0 Å². The number of alkyl halides is 6. The maximum Gasteiger partial charge on any atom is 0.416 e. The van der Waals surface area contributed by atoms with E-state index in [1.165, 1.54) is 43.5 Å². The number of piperazine rings is 1. The second-order valence-electron chi connectivity index (χ2n) is 9.95. The van der Waals surface area contributed by atoms with E-state index < -0.39 is 47.8 Å². The Hall–Kier alpha value is -2.66. The van der Waals surface area contributed by atoms with Crippen LogP contribution in [0.4, 0.5) is 30.7 Å². The largest absolute Gasteiger partial charge is 0.416 e. The third-order valence-corrected chi connectivity index (χ3v) is 7.35.